The van der Waals surface area contributed by atoms with Gasteiger partial charge in [-0.1, -0.05) is 30.3 Å². The van der Waals surface area contributed by atoms with Gasteiger partial charge in [0.15, 0.2) is 0 Å². The van der Waals surface area contributed by atoms with Crippen molar-refractivity contribution in [1.29, 1.82) is 0 Å². The zero-order valence-corrected chi connectivity index (χ0v) is 14.1. The normalized spacial score (nSPS) is 26.9. The molecule has 2 aliphatic rings. The Morgan fingerprint density at radius 1 is 1.05 bits per heavy atom. The number of benzene rings is 1. The van der Waals surface area contributed by atoms with Gasteiger partial charge in [0.05, 0.1) is 11.2 Å². The van der Waals surface area contributed by atoms with Crippen molar-refractivity contribution in [3.8, 4) is 0 Å². The highest BCUT2D eigenvalue weighted by molar-refractivity contribution is 6.62. The van der Waals surface area contributed by atoms with Crippen LogP contribution in [0.4, 0.5) is 0 Å². The maximum absolute atomic E-state index is 6.10. The van der Waals surface area contributed by atoms with E-state index < -0.39 is 0 Å². The lowest BCUT2D eigenvalue weighted by Crippen LogP contribution is -2.41. The van der Waals surface area contributed by atoms with Gasteiger partial charge in [0, 0.05) is 6.04 Å². The van der Waals surface area contributed by atoms with Gasteiger partial charge >= 0.3 is 7.12 Å². The maximum Gasteiger partial charge on any atom is 0.494 e. The zero-order chi connectivity index (χ0) is 16.0. The molecule has 4 heteroatoms. The molecular weight excluding hydrogens is 273 g/mol. The molecule has 22 heavy (non-hydrogen) atoms. The first kappa shape index (κ1) is 15.8. The monoisotopic (exact) mass is 299 g/mol. The van der Waals surface area contributed by atoms with Gasteiger partial charge in [-0.3, -0.25) is 0 Å². The van der Waals surface area contributed by atoms with E-state index in [1.54, 1.807) is 0 Å². The summed E-state index contributed by atoms with van der Waals surface area (Å²) in [6.45, 7) is 8.32. The molecular formula is C18H26BNO2. The van der Waals surface area contributed by atoms with Crippen LogP contribution in [-0.2, 0) is 9.31 Å². The third-order valence-electron chi connectivity index (χ3n) is 5.26. The molecule has 0 bridgehead atoms. The predicted molar refractivity (Wildman–Crippen MR) is 92.0 cm³/mol. The summed E-state index contributed by atoms with van der Waals surface area (Å²) in [5, 5.41) is 0. The minimum atomic E-state index is -0.293. The van der Waals surface area contributed by atoms with E-state index in [0.717, 1.165) is 24.7 Å². The zero-order valence-electron chi connectivity index (χ0n) is 14.1. The molecule has 1 aliphatic heterocycles. The van der Waals surface area contributed by atoms with Crippen molar-refractivity contribution in [3.63, 3.8) is 0 Å². The second-order valence-corrected chi connectivity index (χ2v) is 7.47. The van der Waals surface area contributed by atoms with Gasteiger partial charge in [-0.15, -0.1) is 0 Å². The maximum atomic E-state index is 6.10. The smallest absolute Gasteiger partial charge is 0.399 e. The Bertz CT molecular complexity index is 561. The van der Waals surface area contributed by atoms with Crippen molar-refractivity contribution in [2.75, 3.05) is 0 Å². The number of hydrogen-bond donors (Lipinski definition) is 1. The van der Waals surface area contributed by atoms with Gasteiger partial charge < -0.3 is 15.0 Å². The molecule has 1 aromatic carbocycles. The van der Waals surface area contributed by atoms with Crippen molar-refractivity contribution < 1.29 is 9.31 Å². The largest absolute Gasteiger partial charge is 0.494 e. The van der Waals surface area contributed by atoms with Gasteiger partial charge in [-0.05, 0) is 63.6 Å². The van der Waals surface area contributed by atoms with E-state index in [-0.39, 0.29) is 18.3 Å². The summed E-state index contributed by atoms with van der Waals surface area (Å²) in [6, 6.07) is 8.90. The summed E-state index contributed by atoms with van der Waals surface area (Å²) in [7, 11) is -0.284. The van der Waals surface area contributed by atoms with Crippen molar-refractivity contribution in [3.05, 3.63) is 35.9 Å². The highest BCUT2D eigenvalue weighted by Crippen LogP contribution is 2.36. The molecule has 3 nitrogen and oxygen atoms in total. The van der Waals surface area contributed by atoms with E-state index in [2.05, 4.69) is 58.0 Å². The Hall–Kier alpha value is -1.10. The van der Waals surface area contributed by atoms with Gasteiger partial charge in [-0.25, -0.2) is 0 Å². The summed E-state index contributed by atoms with van der Waals surface area (Å²) in [4.78, 5) is 0. The van der Waals surface area contributed by atoms with Crippen molar-refractivity contribution >= 4 is 18.2 Å². The van der Waals surface area contributed by atoms with E-state index in [1.165, 1.54) is 11.1 Å². The molecule has 1 heterocycles. The molecule has 118 valence electrons. The van der Waals surface area contributed by atoms with Crippen LogP contribution in [0, 0.1) is 0 Å². The van der Waals surface area contributed by atoms with E-state index in [1.807, 2.05) is 0 Å². The molecule has 0 aromatic heterocycles. The lowest BCUT2D eigenvalue weighted by Gasteiger charge is -2.32. The second-order valence-electron chi connectivity index (χ2n) is 7.47. The molecule has 2 N–H and O–H groups in total. The first-order chi connectivity index (χ1) is 10.3. The molecule has 1 atom stereocenters. The van der Waals surface area contributed by atoms with Crippen LogP contribution in [0.25, 0.3) is 5.57 Å². The Labute approximate surface area is 134 Å². The third-order valence-corrected chi connectivity index (χ3v) is 5.26. The Balaban J connectivity index is 1.76. The molecule has 0 spiro atoms. The van der Waals surface area contributed by atoms with E-state index >= 15 is 0 Å². The van der Waals surface area contributed by atoms with Crippen molar-refractivity contribution in [2.24, 2.45) is 5.73 Å². The first-order valence-electron chi connectivity index (χ1n) is 8.19. The minimum Gasteiger partial charge on any atom is -0.399 e. The van der Waals surface area contributed by atoms with E-state index in [0.29, 0.717) is 6.04 Å². The van der Waals surface area contributed by atoms with Crippen molar-refractivity contribution in [2.45, 2.75) is 64.2 Å². The molecule has 1 aromatic rings. The first-order valence-corrected chi connectivity index (χ1v) is 8.19. The number of nitrogens with two attached hydrogens (primary N) is 1. The summed E-state index contributed by atoms with van der Waals surface area (Å²) >= 11 is 0. The molecule has 1 unspecified atom stereocenters. The summed E-state index contributed by atoms with van der Waals surface area (Å²) in [5.74, 6) is 0. The number of allylic oxidation sites excluding steroid dienone is 1. The quantitative estimate of drug-likeness (QED) is 0.854. The van der Waals surface area contributed by atoms with Crippen LogP contribution < -0.4 is 11.2 Å². The van der Waals surface area contributed by atoms with Crippen LogP contribution >= 0.6 is 0 Å². The minimum absolute atomic E-state index is 0.284. The molecule has 0 saturated carbocycles. The molecule has 1 fully saturated rings. The van der Waals surface area contributed by atoms with Crippen LogP contribution in [-0.4, -0.2) is 24.4 Å². The van der Waals surface area contributed by atoms with Crippen LogP contribution in [0.5, 0.6) is 0 Å². The Morgan fingerprint density at radius 3 is 2.14 bits per heavy atom. The van der Waals surface area contributed by atoms with Crippen LogP contribution in [0.2, 0.25) is 0 Å². The third kappa shape index (κ3) is 2.88. The van der Waals surface area contributed by atoms with Crippen LogP contribution in [0.1, 0.15) is 52.5 Å². The van der Waals surface area contributed by atoms with Gasteiger partial charge in [0.25, 0.3) is 0 Å². The van der Waals surface area contributed by atoms with Gasteiger partial charge in [-0.2, -0.15) is 0 Å². The van der Waals surface area contributed by atoms with Gasteiger partial charge in [0.1, 0.15) is 0 Å². The highest BCUT2D eigenvalue weighted by Gasteiger charge is 2.51. The summed E-state index contributed by atoms with van der Waals surface area (Å²) in [6.07, 6.45) is 5.40. The van der Waals surface area contributed by atoms with Gasteiger partial charge in [0.2, 0.25) is 0 Å². The van der Waals surface area contributed by atoms with E-state index in [4.69, 9.17) is 15.0 Å². The Kier molecular flexibility index (Phi) is 3.96. The number of hydrogen-bond acceptors (Lipinski definition) is 3. The fourth-order valence-corrected chi connectivity index (χ4v) is 2.95. The average molecular weight is 299 g/mol. The fourth-order valence-electron chi connectivity index (χ4n) is 2.95. The second kappa shape index (κ2) is 5.52. The standard InChI is InChI=1S/C18H26BNO2/c1-17(2)18(3,4)22-19(21-17)15-9-5-13(6-10-15)14-7-11-16(20)12-8-14/h5-7,9-10,16H,8,11-12,20H2,1-4H3. The summed E-state index contributed by atoms with van der Waals surface area (Å²) < 4.78 is 12.2. The summed E-state index contributed by atoms with van der Waals surface area (Å²) in [5.41, 5.74) is 9.14. The van der Waals surface area contributed by atoms with E-state index in [9.17, 15) is 0 Å². The van der Waals surface area contributed by atoms with Crippen LogP contribution in [0.15, 0.2) is 30.3 Å². The van der Waals surface area contributed by atoms with Crippen molar-refractivity contribution in [1.82, 2.24) is 0 Å². The van der Waals surface area contributed by atoms with Crippen LogP contribution in [0.3, 0.4) is 0 Å². The molecule has 3 rings (SSSR count). The average Bonchev–Trinajstić information content (AvgIpc) is 2.68. The number of rotatable bonds is 2. The molecule has 1 saturated heterocycles. The Morgan fingerprint density at radius 2 is 1.64 bits per heavy atom. The highest BCUT2D eigenvalue weighted by atomic mass is 16.7. The topological polar surface area (TPSA) is 44.5 Å². The lowest BCUT2D eigenvalue weighted by atomic mass is 9.78. The molecule has 1 aliphatic carbocycles. The predicted octanol–water partition coefficient (Wildman–Crippen LogP) is 2.88. The lowest BCUT2D eigenvalue weighted by molar-refractivity contribution is 0.00578. The molecule has 0 radical (unpaired) electrons. The SMILES string of the molecule is CC1(C)OB(c2ccc(C3=CCC(N)CC3)cc2)OC1(C)C. The fraction of sp³-hybridized carbons (Fsp3) is 0.556. The molecule has 0 amide bonds.